The zero-order chi connectivity index (χ0) is 26.7. The van der Waals surface area contributed by atoms with Crippen LogP contribution >= 0.6 is 0 Å². The Balaban J connectivity index is 2.02. The van der Waals surface area contributed by atoms with Crippen LogP contribution < -0.4 is 10.6 Å². The molecule has 0 heterocycles. The molecule has 0 spiro atoms. The van der Waals surface area contributed by atoms with Gasteiger partial charge in [-0.2, -0.15) is 5.11 Å². The summed E-state index contributed by atoms with van der Waals surface area (Å²) >= 11 is 0. The van der Waals surface area contributed by atoms with Gasteiger partial charge in [0, 0.05) is 24.8 Å². The zero-order valence-electron chi connectivity index (χ0n) is 23.0. The molecule has 0 aliphatic rings. The van der Waals surface area contributed by atoms with Crippen molar-refractivity contribution in [3.8, 4) is 0 Å². The van der Waals surface area contributed by atoms with Crippen molar-refractivity contribution in [3.63, 3.8) is 0 Å². The third-order valence-corrected chi connectivity index (χ3v) is 6.72. The van der Waals surface area contributed by atoms with Crippen LogP contribution in [0.5, 0.6) is 0 Å². The molecule has 0 unspecified atom stereocenters. The molecule has 0 fully saturated rings. The summed E-state index contributed by atoms with van der Waals surface area (Å²) in [5.41, 5.74) is 8.50. The minimum absolute atomic E-state index is 0.0460. The SMILES string of the molecule is CCCCCCCCN(CCCCCCCC)c1ccc(N=Nc2ccc(CCN)cc2[N+](=O)[O-])cc1. The lowest BCUT2D eigenvalue weighted by atomic mass is 10.1. The minimum Gasteiger partial charge on any atom is -0.372 e. The van der Waals surface area contributed by atoms with E-state index in [4.69, 9.17) is 5.73 Å². The summed E-state index contributed by atoms with van der Waals surface area (Å²) in [5, 5.41) is 20.0. The first-order valence-electron chi connectivity index (χ1n) is 14.3. The van der Waals surface area contributed by atoms with Crippen LogP contribution in [0.15, 0.2) is 52.7 Å². The third kappa shape index (κ3) is 11.9. The molecule has 204 valence electrons. The number of azo groups is 1. The number of rotatable bonds is 20. The quantitative estimate of drug-likeness (QED) is 0.0833. The van der Waals surface area contributed by atoms with Gasteiger partial charge in [-0.25, -0.2) is 0 Å². The smallest absolute Gasteiger partial charge is 0.296 e. The number of nitro benzene ring substituents is 1. The average Bonchev–Trinajstić information content (AvgIpc) is 2.91. The summed E-state index contributed by atoms with van der Waals surface area (Å²) < 4.78 is 0. The summed E-state index contributed by atoms with van der Waals surface area (Å²) in [6.07, 6.45) is 16.1. The van der Waals surface area contributed by atoms with Crippen LogP contribution in [0.1, 0.15) is 96.5 Å². The molecule has 0 aliphatic carbocycles. The monoisotopic (exact) mass is 509 g/mol. The number of nitrogens with two attached hydrogens (primary N) is 1. The first-order chi connectivity index (χ1) is 18.1. The lowest BCUT2D eigenvalue weighted by molar-refractivity contribution is -0.384. The van der Waals surface area contributed by atoms with E-state index in [1.54, 1.807) is 6.07 Å². The van der Waals surface area contributed by atoms with Crippen molar-refractivity contribution in [1.29, 1.82) is 0 Å². The van der Waals surface area contributed by atoms with Crippen LogP contribution in [0.25, 0.3) is 0 Å². The second-order valence-corrected chi connectivity index (χ2v) is 9.86. The number of nitrogens with zero attached hydrogens (tertiary/aromatic N) is 4. The first-order valence-corrected chi connectivity index (χ1v) is 14.3. The van der Waals surface area contributed by atoms with E-state index in [0.717, 1.165) is 18.7 Å². The molecule has 7 heteroatoms. The molecule has 2 aromatic carbocycles. The van der Waals surface area contributed by atoms with Crippen molar-refractivity contribution in [2.45, 2.75) is 97.3 Å². The van der Waals surface area contributed by atoms with Crippen molar-refractivity contribution in [1.82, 2.24) is 0 Å². The van der Waals surface area contributed by atoms with Gasteiger partial charge in [0.05, 0.1) is 10.6 Å². The molecule has 0 saturated heterocycles. The number of hydrogen-bond acceptors (Lipinski definition) is 6. The van der Waals surface area contributed by atoms with E-state index in [-0.39, 0.29) is 11.4 Å². The molecule has 0 atom stereocenters. The molecule has 0 saturated carbocycles. The maximum atomic E-state index is 11.5. The van der Waals surface area contributed by atoms with Crippen molar-refractivity contribution in [2.24, 2.45) is 16.0 Å². The number of anilines is 1. The highest BCUT2D eigenvalue weighted by Crippen LogP contribution is 2.30. The molecule has 7 nitrogen and oxygen atoms in total. The predicted molar refractivity (Wildman–Crippen MR) is 155 cm³/mol. The van der Waals surface area contributed by atoms with Gasteiger partial charge in [-0.05, 0) is 61.7 Å². The van der Waals surface area contributed by atoms with Crippen molar-refractivity contribution < 1.29 is 4.92 Å². The normalized spacial score (nSPS) is 11.3. The van der Waals surface area contributed by atoms with E-state index in [2.05, 4.69) is 41.1 Å². The van der Waals surface area contributed by atoms with Crippen LogP contribution in [0, 0.1) is 10.1 Å². The number of unbranched alkanes of at least 4 members (excludes halogenated alkanes) is 10. The molecule has 0 radical (unpaired) electrons. The lowest BCUT2D eigenvalue weighted by Crippen LogP contribution is -2.25. The lowest BCUT2D eigenvalue weighted by Gasteiger charge is -2.25. The summed E-state index contributed by atoms with van der Waals surface area (Å²) in [6.45, 7) is 7.10. The maximum Gasteiger partial charge on any atom is 0.296 e. The van der Waals surface area contributed by atoms with Crippen molar-refractivity contribution in [2.75, 3.05) is 24.5 Å². The average molecular weight is 510 g/mol. The molecule has 2 aromatic rings. The molecular formula is C30H47N5O2. The van der Waals surface area contributed by atoms with Crippen LogP contribution in [0.2, 0.25) is 0 Å². The Morgan fingerprint density at radius 3 is 1.89 bits per heavy atom. The van der Waals surface area contributed by atoms with Gasteiger partial charge in [-0.15, -0.1) is 5.11 Å². The Morgan fingerprint density at radius 1 is 0.784 bits per heavy atom. The predicted octanol–water partition coefficient (Wildman–Crippen LogP) is 9.04. The number of nitro groups is 1. The van der Waals surface area contributed by atoms with E-state index in [1.807, 2.05) is 18.2 Å². The van der Waals surface area contributed by atoms with Gasteiger partial charge in [0.2, 0.25) is 0 Å². The molecule has 0 aliphatic heterocycles. The second-order valence-electron chi connectivity index (χ2n) is 9.86. The standard InChI is InChI=1S/C30H47N5O2/c1-3-5-7-9-11-13-23-34(24-14-12-10-8-6-4-2)28-18-16-27(17-19-28)32-33-29-20-15-26(21-22-31)25-30(29)35(36)37/h15-20,25H,3-14,21-24,31H2,1-2H3. The Labute approximate surface area is 223 Å². The molecule has 37 heavy (non-hydrogen) atoms. The highest BCUT2D eigenvalue weighted by Gasteiger charge is 2.14. The Kier molecular flexibility index (Phi) is 15.2. The van der Waals surface area contributed by atoms with E-state index in [0.29, 0.717) is 18.7 Å². The second kappa shape index (κ2) is 18.4. The highest BCUT2D eigenvalue weighted by molar-refractivity contribution is 5.59. The zero-order valence-corrected chi connectivity index (χ0v) is 23.0. The van der Waals surface area contributed by atoms with Crippen molar-refractivity contribution in [3.05, 3.63) is 58.1 Å². The van der Waals surface area contributed by atoms with E-state index >= 15 is 0 Å². The Morgan fingerprint density at radius 2 is 1.35 bits per heavy atom. The Hall–Kier alpha value is -2.80. The molecular weight excluding hydrogens is 462 g/mol. The fourth-order valence-corrected chi connectivity index (χ4v) is 4.50. The van der Waals surface area contributed by atoms with Gasteiger partial charge < -0.3 is 10.6 Å². The fourth-order valence-electron chi connectivity index (χ4n) is 4.50. The van der Waals surface area contributed by atoms with E-state index < -0.39 is 4.92 Å². The molecule has 2 rings (SSSR count). The van der Waals surface area contributed by atoms with E-state index in [1.165, 1.54) is 88.8 Å². The molecule has 0 aromatic heterocycles. The molecule has 2 N–H and O–H groups in total. The largest absolute Gasteiger partial charge is 0.372 e. The maximum absolute atomic E-state index is 11.5. The molecule has 0 bridgehead atoms. The van der Waals surface area contributed by atoms with Crippen LogP contribution in [0.4, 0.5) is 22.7 Å². The summed E-state index contributed by atoms with van der Waals surface area (Å²) in [5.74, 6) is 0. The van der Waals surface area contributed by atoms with Crippen molar-refractivity contribution >= 4 is 22.7 Å². The summed E-state index contributed by atoms with van der Waals surface area (Å²) in [7, 11) is 0. The van der Waals surface area contributed by atoms with Crippen LogP contribution in [-0.4, -0.2) is 24.6 Å². The first kappa shape index (κ1) is 30.4. The van der Waals surface area contributed by atoms with Gasteiger partial charge in [-0.3, -0.25) is 10.1 Å². The van der Waals surface area contributed by atoms with Gasteiger partial charge in [0.25, 0.3) is 5.69 Å². The fraction of sp³-hybridized carbons (Fsp3) is 0.600. The highest BCUT2D eigenvalue weighted by atomic mass is 16.6. The van der Waals surface area contributed by atoms with Gasteiger partial charge in [0.1, 0.15) is 0 Å². The van der Waals surface area contributed by atoms with Gasteiger partial charge >= 0.3 is 0 Å². The Bertz CT molecular complexity index is 914. The van der Waals surface area contributed by atoms with Gasteiger partial charge in [-0.1, -0.05) is 84.1 Å². The summed E-state index contributed by atoms with van der Waals surface area (Å²) in [6, 6.07) is 13.1. The summed E-state index contributed by atoms with van der Waals surface area (Å²) in [4.78, 5) is 13.6. The van der Waals surface area contributed by atoms with E-state index in [9.17, 15) is 10.1 Å². The number of benzene rings is 2. The van der Waals surface area contributed by atoms with Gasteiger partial charge in [0.15, 0.2) is 5.69 Å². The molecule has 0 amide bonds. The van der Waals surface area contributed by atoms with Crippen LogP contribution in [-0.2, 0) is 6.42 Å². The van der Waals surface area contributed by atoms with Crippen LogP contribution in [0.3, 0.4) is 0 Å². The third-order valence-electron chi connectivity index (χ3n) is 6.72. The number of hydrogen-bond donors (Lipinski definition) is 1. The topological polar surface area (TPSA) is 97.1 Å². The minimum atomic E-state index is -0.417.